The van der Waals surface area contributed by atoms with Crippen molar-refractivity contribution in [1.29, 1.82) is 0 Å². The van der Waals surface area contributed by atoms with Crippen LogP contribution in [0.25, 0.3) is 11.1 Å². The van der Waals surface area contributed by atoms with Gasteiger partial charge in [0.25, 0.3) is 0 Å². The maximum absolute atomic E-state index is 5.25. The summed E-state index contributed by atoms with van der Waals surface area (Å²) in [5.74, 6) is 0.906. The molecule has 0 aliphatic rings. The summed E-state index contributed by atoms with van der Waals surface area (Å²) < 4.78 is 5.25. The zero-order valence-electron chi connectivity index (χ0n) is 9.73. The maximum atomic E-state index is 5.25. The summed E-state index contributed by atoms with van der Waals surface area (Å²) in [6.45, 7) is 2.18. The molecule has 16 heavy (non-hydrogen) atoms. The minimum atomic E-state index is 0.906. The van der Waals surface area contributed by atoms with Crippen LogP contribution in [-0.2, 0) is 6.42 Å². The molecule has 0 amide bonds. The highest BCUT2D eigenvalue weighted by Gasteiger charge is 2.03. The Hall–Kier alpha value is -1.76. The first-order chi connectivity index (χ1) is 7.85. The van der Waals surface area contributed by atoms with Crippen molar-refractivity contribution in [2.24, 2.45) is 0 Å². The molecule has 0 heterocycles. The van der Waals surface area contributed by atoms with E-state index in [1.807, 2.05) is 12.1 Å². The molecule has 2 aromatic carbocycles. The third kappa shape index (κ3) is 2.08. The second kappa shape index (κ2) is 4.84. The van der Waals surface area contributed by atoms with Crippen LogP contribution < -0.4 is 4.74 Å². The zero-order valence-corrected chi connectivity index (χ0v) is 9.73. The Labute approximate surface area is 96.7 Å². The molecular formula is C15H16O. The minimum absolute atomic E-state index is 0.906. The summed E-state index contributed by atoms with van der Waals surface area (Å²) in [6.07, 6.45) is 1.05. The van der Waals surface area contributed by atoms with Crippen LogP contribution in [-0.4, -0.2) is 7.11 Å². The van der Waals surface area contributed by atoms with Crippen LogP contribution in [0.5, 0.6) is 5.75 Å². The minimum Gasteiger partial charge on any atom is -0.497 e. The molecule has 0 radical (unpaired) electrons. The first-order valence-corrected chi connectivity index (χ1v) is 5.57. The third-order valence-electron chi connectivity index (χ3n) is 2.78. The molecule has 0 aliphatic carbocycles. The van der Waals surface area contributed by atoms with E-state index in [0.717, 1.165) is 12.2 Å². The van der Waals surface area contributed by atoms with Crippen LogP contribution in [0.3, 0.4) is 0 Å². The fraction of sp³-hybridized carbons (Fsp3) is 0.200. The summed E-state index contributed by atoms with van der Waals surface area (Å²) in [5, 5.41) is 0. The van der Waals surface area contributed by atoms with Gasteiger partial charge in [-0.05, 0) is 35.2 Å². The lowest BCUT2D eigenvalue weighted by Crippen LogP contribution is -1.88. The van der Waals surface area contributed by atoms with Crippen molar-refractivity contribution >= 4 is 0 Å². The lowest BCUT2D eigenvalue weighted by Gasteiger charge is -2.09. The van der Waals surface area contributed by atoms with Gasteiger partial charge in [0.15, 0.2) is 0 Å². The van der Waals surface area contributed by atoms with Gasteiger partial charge in [0, 0.05) is 0 Å². The van der Waals surface area contributed by atoms with Gasteiger partial charge in [0.1, 0.15) is 5.75 Å². The third-order valence-corrected chi connectivity index (χ3v) is 2.78. The molecule has 0 unspecified atom stereocenters. The molecule has 0 N–H and O–H groups in total. The van der Waals surface area contributed by atoms with Gasteiger partial charge in [-0.3, -0.25) is 0 Å². The van der Waals surface area contributed by atoms with Crippen LogP contribution in [0.2, 0.25) is 0 Å². The van der Waals surface area contributed by atoms with E-state index in [-0.39, 0.29) is 0 Å². The summed E-state index contributed by atoms with van der Waals surface area (Å²) in [5.41, 5.74) is 3.89. The van der Waals surface area contributed by atoms with Gasteiger partial charge in [-0.15, -0.1) is 0 Å². The fourth-order valence-electron chi connectivity index (χ4n) is 1.90. The molecule has 2 aromatic rings. The Morgan fingerprint density at radius 1 is 1.00 bits per heavy atom. The molecular weight excluding hydrogens is 196 g/mol. The molecule has 0 bridgehead atoms. The predicted molar refractivity (Wildman–Crippen MR) is 67.8 cm³/mol. The molecule has 0 saturated carbocycles. The largest absolute Gasteiger partial charge is 0.497 e. The lowest BCUT2D eigenvalue weighted by molar-refractivity contribution is 0.415. The summed E-state index contributed by atoms with van der Waals surface area (Å²) in [7, 11) is 1.70. The van der Waals surface area contributed by atoms with Crippen molar-refractivity contribution in [1.82, 2.24) is 0 Å². The molecule has 0 fully saturated rings. The smallest absolute Gasteiger partial charge is 0.119 e. The SMILES string of the molecule is CCc1ccccc1-c1cccc(OC)c1. The van der Waals surface area contributed by atoms with Gasteiger partial charge in [-0.2, -0.15) is 0 Å². The first-order valence-electron chi connectivity index (χ1n) is 5.57. The average molecular weight is 212 g/mol. The quantitative estimate of drug-likeness (QED) is 0.749. The zero-order chi connectivity index (χ0) is 11.4. The van der Waals surface area contributed by atoms with Crippen molar-refractivity contribution in [3.63, 3.8) is 0 Å². The van der Waals surface area contributed by atoms with E-state index in [1.165, 1.54) is 16.7 Å². The number of methoxy groups -OCH3 is 1. The van der Waals surface area contributed by atoms with Crippen molar-refractivity contribution in [3.8, 4) is 16.9 Å². The highest BCUT2D eigenvalue weighted by molar-refractivity contribution is 5.68. The Morgan fingerprint density at radius 3 is 2.56 bits per heavy atom. The topological polar surface area (TPSA) is 9.23 Å². The number of ether oxygens (including phenoxy) is 1. The predicted octanol–water partition coefficient (Wildman–Crippen LogP) is 3.92. The van der Waals surface area contributed by atoms with Crippen LogP contribution in [0.4, 0.5) is 0 Å². The van der Waals surface area contributed by atoms with Gasteiger partial charge < -0.3 is 4.74 Å². The highest BCUT2D eigenvalue weighted by atomic mass is 16.5. The van der Waals surface area contributed by atoms with Gasteiger partial charge in [0.05, 0.1) is 7.11 Å². The molecule has 0 saturated heterocycles. The molecule has 0 spiro atoms. The monoisotopic (exact) mass is 212 g/mol. The Kier molecular flexibility index (Phi) is 3.25. The molecule has 2 rings (SSSR count). The van der Waals surface area contributed by atoms with E-state index in [4.69, 9.17) is 4.74 Å². The Morgan fingerprint density at radius 2 is 1.81 bits per heavy atom. The summed E-state index contributed by atoms with van der Waals surface area (Å²) in [4.78, 5) is 0. The average Bonchev–Trinajstić information content (AvgIpc) is 2.38. The van der Waals surface area contributed by atoms with Crippen molar-refractivity contribution in [2.75, 3.05) is 7.11 Å². The standard InChI is InChI=1S/C15H16O/c1-3-12-7-4-5-10-15(12)13-8-6-9-14(11-13)16-2/h4-11H,3H2,1-2H3. The van der Waals surface area contributed by atoms with Gasteiger partial charge in [-0.25, -0.2) is 0 Å². The van der Waals surface area contributed by atoms with Crippen LogP contribution in [0.15, 0.2) is 48.5 Å². The number of aryl methyl sites for hydroxylation is 1. The molecule has 1 nitrogen and oxygen atoms in total. The van der Waals surface area contributed by atoms with E-state index >= 15 is 0 Å². The van der Waals surface area contributed by atoms with Crippen LogP contribution in [0, 0.1) is 0 Å². The number of rotatable bonds is 3. The van der Waals surface area contributed by atoms with Crippen molar-refractivity contribution in [3.05, 3.63) is 54.1 Å². The van der Waals surface area contributed by atoms with Crippen molar-refractivity contribution < 1.29 is 4.74 Å². The van der Waals surface area contributed by atoms with Crippen LogP contribution >= 0.6 is 0 Å². The van der Waals surface area contributed by atoms with E-state index in [0.29, 0.717) is 0 Å². The van der Waals surface area contributed by atoms with E-state index in [2.05, 4.69) is 43.3 Å². The Balaban J connectivity index is 2.49. The molecule has 0 aliphatic heterocycles. The van der Waals surface area contributed by atoms with Gasteiger partial charge in [0.2, 0.25) is 0 Å². The normalized spacial score (nSPS) is 10.1. The van der Waals surface area contributed by atoms with Gasteiger partial charge >= 0.3 is 0 Å². The summed E-state index contributed by atoms with van der Waals surface area (Å²) in [6, 6.07) is 16.7. The number of benzene rings is 2. The van der Waals surface area contributed by atoms with Crippen LogP contribution in [0.1, 0.15) is 12.5 Å². The first kappa shape index (κ1) is 10.7. The summed E-state index contributed by atoms with van der Waals surface area (Å²) >= 11 is 0. The van der Waals surface area contributed by atoms with E-state index in [9.17, 15) is 0 Å². The lowest BCUT2D eigenvalue weighted by atomic mass is 9.98. The van der Waals surface area contributed by atoms with E-state index in [1.54, 1.807) is 7.11 Å². The highest BCUT2D eigenvalue weighted by Crippen LogP contribution is 2.26. The number of hydrogen-bond donors (Lipinski definition) is 0. The molecule has 82 valence electrons. The second-order valence-electron chi connectivity index (χ2n) is 3.74. The second-order valence-corrected chi connectivity index (χ2v) is 3.74. The maximum Gasteiger partial charge on any atom is 0.119 e. The van der Waals surface area contributed by atoms with Crippen molar-refractivity contribution in [2.45, 2.75) is 13.3 Å². The molecule has 0 atom stereocenters. The molecule has 1 heteroatoms. The Bertz CT molecular complexity index is 474. The van der Waals surface area contributed by atoms with E-state index < -0.39 is 0 Å². The number of hydrogen-bond acceptors (Lipinski definition) is 1. The fourth-order valence-corrected chi connectivity index (χ4v) is 1.90. The molecule has 0 aromatic heterocycles. The van der Waals surface area contributed by atoms with Gasteiger partial charge in [-0.1, -0.05) is 43.3 Å².